The Balaban J connectivity index is 1.32. The number of hydrogen-bond acceptors (Lipinski definition) is 3. The molecule has 4 aromatic carbocycles. The lowest BCUT2D eigenvalue weighted by molar-refractivity contribution is -0.206. The van der Waals surface area contributed by atoms with Gasteiger partial charge in [-0.2, -0.15) is 8.78 Å². The van der Waals surface area contributed by atoms with Crippen molar-refractivity contribution < 1.29 is 58.1 Å². The molecule has 47 heavy (non-hydrogen) atoms. The summed E-state index contributed by atoms with van der Waals surface area (Å²) in [5.41, 5.74) is -4.64. The molecule has 0 spiro atoms. The van der Waals surface area contributed by atoms with Crippen molar-refractivity contribution >= 4 is 0 Å². The molecule has 4 aromatic rings. The lowest BCUT2D eigenvalue weighted by Crippen LogP contribution is -2.28. The van der Waals surface area contributed by atoms with Crippen LogP contribution in [0.5, 0.6) is 5.75 Å². The maximum absolute atomic E-state index is 15.0. The molecule has 0 aromatic heterocycles. The van der Waals surface area contributed by atoms with E-state index in [1.54, 1.807) is 6.08 Å². The molecule has 1 fully saturated rings. The maximum Gasteiger partial charge on any atom is 0.432 e. The Kier molecular flexibility index (Phi) is 9.97. The topological polar surface area (TPSA) is 27.7 Å². The smallest absolute Gasteiger partial charge is 0.429 e. The van der Waals surface area contributed by atoms with Gasteiger partial charge in [-0.1, -0.05) is 18.2 Å². The molecular formula is C34H24F10O3. The van der Waals surface area contributed by atoms with Crippen LogP contribution in [-0.4, -0.2) is 13.2 Å². The van der Waals surface area contributed by atoms with Crippen LogP contribution in [0.2, 0.25) is 0 Å². The molecule has 0 bridgehead atoms. The monoisotopic (exact) mass is 670 g/mol. The van der Waals surface area contributed by atoms with E-state index in [0.29, 0.717) is 36.8 Å². The number of halogens is 10. The molecule has 1 saturated heterocycles. The number of rotatable bonds is 10. The Morgan fingerprint density at radius 2 is 1.30 bits per heavy atom. The van der Waals surface area contributed by atoms with Gasteiger partial charge in [0.15, 0.2) is 6.29 Å². The van der Waals surface area contributed by atoms with Gasteiger partial charge in [-0.05, 0) is 66.4 Å². The van der Waals surface area contributed by atoms with Crippen LogP contribution in [0.3, 0.4) is 0 Å². The largest absolute Gasteiger partial charge is 0.432 e. The first kappa shape index (κ1) is 34.0. The lowest BCUT2D eigenvalue weighted by Gasteiger charge is -2.30. The highest BCUT2D eigenvalue weighted by Crippen LogP contribution is 2.39. The summed E-state index contributed by atoms with van der Waals surface area (Å²) in [6.07, 6.45) is -6.08. The Morgan fingerprint density at radius 1 is 0.745 bits per heavy atom. The van der Waals surface area contributed by atoms with Gasteiger partial charge in [-0.15, -0.1) is 6.58 Å². The van der Waals surface area contributed by atoms with E-state index < -0.39 is 81.7 Å². The summed E-state index contributed by atoms with van der Waals surface area (Å²) in [5, 5.41) is 0. The van der Waals surface area contributed by atoms with Crippen LogP contribution in [0.4, 0.5) is 43.9 Å². The second kappa shape index (κ2) is 13.8. The molecule has 1 aliphatic heterocycles. The molecule has 5 rings (SSSR count). The second-order valence-electron chi connectivity index (χ2n) is 10.7. The number of hydrogen-bond donors (Lipinski definition) is 0. The standard InChI is InChI=1S/C34H24F10O3/c1-2-3-4-17-15-45-33(46-16-17)20-12-28(39)31(29(40)13-20)34(43,44)47-21-6-8-22(25(36)14-21)18-5-7-23(24(35)9-18)19-10-26(37)30(32(41)42)27(38)11-19/h2,5-14,17,32-33H,1,3-4,15-16H2. The van der Waals surface area contributed by atoms with Gasteiger partial charge in [0.05, 0.1) is 18.8 Å². The summed E-state index contributed by atoms with van der Waals surface area (Å²) in [6.45, 7) is 4.07. The summed E-state index contributed by atoms with van der Waals surface area (Å²) in [4.78, 5) is 0. The molecule has 0 aliphatic carbocycles. The van der Waals surface area contributed by atoms with Crippen molar-refractivity contribution in [3.63, 3.8) is 0 Å². The molecule has 0 unspecified atom stereocenters. The first-order chi connectivity index (χ1) is 22.3. The molecule has 0 amide bonds. The Bertz CT molecular complexity index is 1740. The highest BCUT2D eigenvalue weighted by atomic mass is 19.3. The van der Waals surface area contributed by atoms with Gasteiger partial charge in [-0.25, -0.2) is 35.1 Å². The first-order valence-electron chi connectivity index (χ1n) is 14.1. The minimum Gasteiger partial charge on any atom is -0.429 e. The average molecular weight is 671 g/mol. The quantitative estimate of drug-likeness (QED) is 0.124. The summed E-state index contributed by atoms with van der Waals surface area (Å²) in [6, 6.07) is 7.48. The van der Waals surface area contributed by atoms with Gasteiger partial charge in [0.25, 0.3) is 6.43 Å². The predicted octanol–water partition coefficient (Wildman–Crippen LogP) is 10.5. The van der Waals surface area contributed by atoms with Gasteiger partial charge in [0, 0.05) is 28.7 Å². The van der Waals surface area contributed by atoms with E-state index >= 15 is 13.2 Å². The summed E-state index contributed by atoms with van der Waals surface area (Å²) in [7, 11) is 0. The number of benzene rings is 4. The van der Waals surface area contributed by atoms with Crippen molar-refractivity contribution in [3.8, 4) is 28.0 Å². The van der Waals surface area contributed by atoms with Gasteiger partial charge in [0.2, 0.25) is 0 Å². The molecule has 0 N–H and O–H groups in total. The zero-order valence-corrected chi connectivity index (χ0v) is 24.1. The molecular weight excluding hydrogens is 646 g/mol. The van der Waals surface area contributed by atoms with E-state index in [2.05, 4.69) is 11.3 Å². The van der Waals surface area contributed by atoms with E-state index in [0.717, 1.165) is 36.8 Å². The highest BCUT2D eigenvalue weighted by molar-refractivity contribution is 5.72. The Hall–Kier alpha value is -4.36. The maximum atomic E-state index is 15.0. The number of alkyl halides is 4. The lowest BCUT2D eigenvalue weighted by atomic mass is 9.98. The fraction of sp³-hybridized carbons (Fsp3) is 0.235. The minimum atomic E-state index is -4.61. The van der Waals surface area contributed by atoms with Crippen LogP contribution in [-0.2, 0) is 15.6 Å². The third-order valence-corrected chi connectivity index (χ3v) is 7.45. The van der Waals surface area contributed by atoms with Crippen molar-refractivity contribution in [2.45, 2.75) is 31.7 Å². The van der Waals surface area contributed by atoms with Crippen molar-refractivity contribution in [2.24, 2.45) is 5.92 Å². The molecule has 248 valence electrons. The third kappa shape index (κ3) is 7.31. The Labute approximate surface area is 262 Å². The minimum absolute atomic E-state index is 0.0260. The van der Waals surface area contributed by atoms with Crippen molar-refractivity contribution in [1.29, 1.82) is 0 Å². The van der Waals surface area contributed by atoms with E-state index in [4.69, 9.17) is 9.47 Å². The van der Waals surface area contributed by atoms with Crippen LogP contribution in [0, 0.1) is 40.8 Å². The van der Waals surface area contributed by atoms with Crippen LogP contribution >= 0.6 is 0 Å². The van der Waals surface area contributed by atoms with Gasteiger partial charge >= 0.3 is 6.11 Å². The molecule has 1 heterocycles. The number of ether oxygens (including phenoxy) is 3. The van der Waals surface area contributed by atoms with E-state index in [1.807, 2.05) is 0 Å². The first-order valence-corrected chi connectivity index (χ1v) is 14.1. The van der Waals surface area contributed by atoms with Gasteiger partial charge < -0.3 is 14.2 Å². The number of allylic oxidation sites excluding steroid dienone is 1. The summed E-state index contributed by atoms with van der Waals surface area (Å²) in [5.74, 6) is -9.61. The van der Waals surface area contributed by atoms with Gasteiger partial charge in [-0.3, -0.25) is 0 Å². The Morgan fingerprint density at radius 3 is 1.85 bits per heavy atom. The zero-order valence-electron chi connectivity index (χ0n) is 24.1. The van der Waals surface area contributed by atoms with E-state index in [9.17, 15) is 30.7 Å². The summed E-state index contributed by atoms with van der Waals surface area (Å²) >= 11 is 0. The van der Waals surface area contributed by atoms with Crippen molar-refractivity contribution in [3.05, 3.63) is 125 Å². The third-order valence-electron chi connectivity index (χ3n) is 7.45. The molecule has 3 nitrogen and oxygen atoms in total. The molecule has 13 heteroatoms. The normalized spacial score (nSPS) is 16.8. The van der Waals surface area contributed by atoms with Crippen LogP contribution in [0.25, 0.3) is 22.3 Å². The van der Waals surface area contributed by atoms with E-state index in [-0.39, 0.29) is 35.8 Å². The van der Waals surface area contributed by atoms with Crippen LogP contribution < -0.4 is 4.74 Å². The zero-order chi connectivity index (χ0) is 34.0. The van der Waals surface area contributed by atoms with Crippen LogP contribution in [0.15, 0.2) is 73.3 Å². The molecule has 0 saturated carbocycles. The fourth-order valence-corrected chi connectivity index (χ4v) is 5.12. The summed E-state index contributed by atoms with van der Waals surface area (Å²) < 4.78 is 159. The average Bonchev–Trinajstić information content (AvgIpc) is 2.99. The molecule has 1 aliphatic rings. The van der Waals surface area contributed by atoms with Crippen LogP contribution in [0.1, 0.15) is 42.2 Å². The fourth-order valence-electron chi connectivity index (χ4n) is 5.12. The molecule has 0 atom stereocenters. The van der Waals surface area contributed by atoms with Crippen molar-refractivity contribution in [1.82, 2.24) is 0 Å². The second-order valence-corrected chi connectivity index (χ2v) is 10.7. The SMILES string of the molecule is C=CCCC1COC(c2cc(F)c(C(F)(F)Oc3ccc(-c4ccc(-c5cc(F)c(C(F)F)c(F)c5)c(F)c4)c(F)c3)c(F)c2)OC1. The van der Waals surface area contributed by atoms with Crippen molar-refractivity contribution in [2.75, 3.05) is 13.2 Å². The van der Waals surface area contributed by atoms with E-state index in [1.165, 1.54) is 0 Å². The molecule has 0 radical (unpaired) electrons. The van der Waals surface area contributed by atoms with Gasteiger partial charge in [0.1, 0.15) is 46.2 Å². The highest BCUT2D eigenvalue weighted by Gasteiger charge is 2.42. The predicted molar refractivity (Wildman–Crippen MR) is 151 cm³/mol.